The number of rotatable bonds is 3. The fourth-order valence-corrected chi connectivity index (χ4v) is 1.47. The van der Waals surface area contributed by atoms with Gasteiger partial charge < -0.3 is 10.1 Å². The quantitative estimate of drug-likeness (QED) is 0.889. The number of aromatic nitrogens is 1. The molecule has 1 saturated heterocycles. The fraction of sp³-hybridized carbons (Fsp3) is 0.500. The van der Waals surface area contributed by atoms with Crippen molar-refractivity contribution >= 4 is 24.8 Å². The van der Waals surface area contributed by atoms with Crippen LogP contribution >= 0.6 is 24.8 Å². The molecule has 1 aromatic rings. The molecule has 0 aromatic carbocycles. The molecule has 1 aliphatic rings. The first-order chi connectivity index (χ1) is 6.45. The van der Waals surface area contributed by atoms with Gasteiger partial charge in [0.1, 0.15) is 0 Å². The summed E-state index contributed by atoms with van der Waals surface area (Å²) in [5.74, 6) is 0. The van der Waals surface area contributed by atoms with Crippen LogP contribution in [0.15, 0.2) is 24.5 Å². The molecular formula is C10H16Cl2N2O. The van der Waals surface area contributed by atoms with Crippen LogP contribution in [-0.4, -0.2) is 24.2 Å². The summed E-state index contributed by atoms with van der Waals surface area (Å²) in [6, 6.07) is 3.97. The summed E-state index contributed by atoms with van der Waals surface area (Å²) >= 11 is 0. The minimum atomic E-state index is 0. The molecule has 2 rings (SSSR count). The van der Waals surface area contributed by atoms with Gasteiger partial charge in [0.25, 0.3) is 0 Å². The van der Waals surface area contributed by atoms with Crippen molar-refractivity contribution in [2.24, 2.45) is 0 Å². The average molecular weight is 251 g/mol. The number of halogens is 2. The molecule has 0 spiro atoms. The second-order valence-corrected chi connectivity index (χ2v) is 3.29. The van der Waals surface area contributed by atoms with Crippen LogP contribution in [0.5, 0.6) is 0 Å². The first kappa shape index (κ1) is 14.6. The van der Waals surface area contributed by atoms with Gasteiger partial charge in [0, 0.05) is 18.9 Å². The normalized spacial score (nSPS) is 19.1. The van der Waals surface area contributed by atoms with Crippen molar-refractivity contribution in [1.29, 1.82) is 0 Å². The number of nitrogens with zero attached hydrogens (tertiary/aromatic N) is 1. The fourth-order valence-electron chi connectivity index (χ4n) is 1.47. The predicted molar refractivity (Wildman–Crippen MR) is 64.8 cm³/mol. The standard InChI is InChI=1S/C10H14N2O.2ClH/c1-2-9(6-11-4-1)8-13-10-3-5-12-7-10;;/h1-2,4,6,10,12H,3,5,7-8H2;2*1H/t10-;;/m1../s1. The van der Waals surface area contributed by atoms with Gasteiger partial charge >= 0.3 is 0 Å². The Balaban J connectivity index is 0.000000980. The van der Waals surface area contributed by atoms with Crippen molar-refractivity contribution in [1.82, 2.24) is 10.3 Å². The molecule has 1 atom stereocenters. The van der Waals surface area contributed by atoms with Gasteiger partial charge in [0.2, 0.25) is 0 Å². The Morgan fingerprint density at radius 1 is 1.47 bits per heavy atom. The predicted octanol–water partition coefficient (Wildman–Crippen LogP) is 1.80. The highest BCUT2D eigenvalue weighted by atomic mass is 35.5. The Bertz CT molecular complexity index is 253. The van der Waals surface area contributed by atoms with E-state index >= 15 is 0 Å². The Labute approximate surface area is 102 Å². The van der Waals surface area contributed by atoms with Crippen molar-refractivity contribution in [3.8, 4) is 0 Å². The number of nitrogens with one attached hydrogen (secondary N) is 1. The third-order valence-electron chi connectivity index (χ3n) is 2.22. The maximum Gasteiger partial charge on any atom is 0.0736 e. The summed E-state index contributed by atoms with van der Waals surface area (Å²) in [4.78, 5) is 4.03. The smallest absolute Gasteiger partial charge is 0.0736 e. The van der Waals surface area contributed by atoms with Crippen LogP contribution in [0.1, 0.15) is 12.0 Å². The van der Waals surface area contributed by atoms with Gasteiger partial charge in [-0.05, 0) is 24.6 Å². The molecule has 1 aromatic heterocycles. The average Bonchev–Trinajstić information content (AvgIpc) is 2.69. The Morgan fingerprint density at radius 2 is 2.33 bits per heavy atom. The third kappa shape index (κ3) is 4.80. The minimum absolute atomic E-state index is 0. The van der Waals surface area contributed by atoms with E-state index in [-0.39, 0.29) is 24.8 Å². The second-order valence-electron chi connectivity index (χ2n) is 3.29. The van der Waals surface area contributed by atoms with Gasteiger partial charge in [-0.25, -0.2) is 0 Å². The molecule has 0 amide bonds. The zero-order valence-electron chi connectivity index (χ0n) is 8.39. The molecule has 0 aliphatic carbocycles. The van der Waals surface area contributed by atoms with E-state index in [0.717, 1.165) is 25.1 Å². The summed E-state index contributed by atoms with van der Waals surface area (Å²) in [5.41, 5.74) is 1.15. The van der Waals surface area contributed by atoms with Crippen LogP contribution in [0.4, 0.5) is 0 Å². The van der Waals surface area contributed by atoms with Gasteiger partial charge in [0.15, 0.2) is 0 Å². The van der Waals surface area contributed by atoms with Crippen LogP contribution in [-0.2, 0) is 11.3 Å². The van der Waals surface area contributed by atoms with E-state index < -0.39 is 0 Å². The first-order valence-electron chi connectivity index (χ1n) is 4.66. The Morgan fingerprint density at radius 3 is 2.93 bits per heavy atom. The lowest BCUT2D eigenvalue weighted by molar-refractivity contribution is 0.0541. The maximum absolute atomic E-state index is 5.69. The van der Waals surface area contributed by atoms with Gasteiger partial charge in [-0.3, -0.25) is 4.98 Å². The lowest BCUT2D eigenvalue weighted by atomic mass is 10.3. The molecule has 5 heteroatoms. The highest BCUT2D eigenvalue weighted by molar-refractivity contribution is 5.85. The Hall–Kier alpha value is -0.350. The lowest BCUT2D eigenvalue weighted by Gasteiger charge is -2.09. The topological polar surface area (TPSA) is 34.1 Å². The van der Waals surface area contributed by atoms with E-state index in [1.165, 1.54) is 0 Å². The van der Waals surface area contributed by atoms with Crippen LogP contribution in [0.25, 0.3) is 0 Å². The van der Waals surface area contributed by atoms with E-state index in [9.17, 15) is 0 Å². The van der Waals surface area contributed by atoms with E-state index in [2.05, 4.69) is 10.3 Å². The molecule has 0 bridgehead atoms. The summed E-state index contributed by atoms with van der Waals surface area (Å²) in [6.07, 6.45) is 5.14. The van der Waals surface area contributed by atoms with Crippen LogP contribution in [0.2, 0.25) is 0 Å². The lowest BCUT2D eigenvalue weighted by Crippen LogP contribution is -2.16. The number of hydrogen-bond acceptors (Lipinski definition) is 3. The summed E-state index contributed by atoms with van der Waals surface area (Å²) < 4.78 is 5.69. The molecule has 86 valence electrons. The van der Waals surface area contributed by atoms with E-state index in [0.29, 0.717) is 12.7 Å². The summed E-state index contributed by atoms with van der Waals surface area (Å²) in [7, 11) is 0. The third-order valence-corrected chi connectivity index (χ3v) is 2.22. The van der Waals surface area contributed by atoms with E-state index in [1.807, 2.05) is 18.3 Å². The molecule has 0 radical (unpaired) electrons. The van der Waals surface area contributed by atoms with Crippen LogP contribution in [0, 0.1) is 0 Å². The summed E-state index contributed by atoms with van der Waals surface area (Å²) in [5, 5.41) is 3.27. The zero-order valence-corrected chi connectivity index (χ0v) is 10.0. The SMILES string of the molecule is Cl.Cl.c1cncc(CO[C@@H]2CCNC2)c1. The van der Waals surface area contributed by atoms with Gasteiger partial charge in [-0.1, -0.05) is 6.07 Å². The van der Waals surface area contributed by atoms with Gasteiger partial charge in [-0.2, -0.15) is 0 Å². The molecular weight excluding hydrogens is 235 g/mol. The highest BCUT2D eigenvalue weighted by Gasteiger charge is 2.14. The molecule has 1 N–H and O–H groups in total. The van der Waals surface area contributed by atoms with E-state index in [4.69, 9.17) is 4.74 Å². The van der Waals surface area contributed by atoms with Crippen molar-refractivity contribution in [2.75, 3.05) is 13.1 Å². The molecule has 0 saturated carbocycles. The van der Waals surface area contributed by atoms with Crippen LogP contribution < -0.4 is 5.32 Å². The number of hydrogen-bond donors (Lipinski definition) is 1. The highest BCUT2D eigenvalue weighted by Crippen LogP contribution is 2.07. The zero-order chi connectivity index (χ0) is 8.93. The minimum Gasteiger partial charge on any atom is -0.372 e. The molecule has 1 fully saturated rings. The largest absolute Gasteiger partial charge is 0.372 e. The molecule has 3 nitrogen and oxygen atoms in total. The van der Waals surface area contributed by atoms with Crippen molar-refractivity contribution < 1.29 is 4.74 Å². The van der Waals surface area contributed by atoms with E-state index in [1.54, 1.807) is 6.20 Å². The maximum atomic E-state index is 5.69. The number of pyridine rings is 1. The van der Waals surface area contributed by atoms with Crippen molar-refractivity contribution in [2.45, 2.75) is 19.1 Å². The van der Waals surface area contributed by atoms with Crippen LogP contribution in [0.3, 0.4) is 0 Å². The van der Waals surface area contributed by atoms with Crippen molar-refractivity contribution in [3.05, 3.63) is 30.1 Å². The molecule has 2 heterocycles. The van der Waals surface area contributed by atoms with Gasteiger partial charge in [-0.15, -0.1) is 24.8 Å². The molecule has 1 aliphatic heterocycles. The number of ether oxygens (including phenoxy) is 1. The van der Waals surface area contributed by atoms with Gasteiger partial charge in [0.05, 0.1) is 12.7 Å². The summed E-state index contributed by atoms with van der Waals surface area (Å²) in [6.45, 7) is 2.75. The Kier molecular flexibility index (Phi) is 7.70. The van der Waals surface area contributed by atoms with Crippen molar-refractivity contribution in [3.63, 3.8) is 0 Å². The first-order valence-corrected chi connectivity index (χ1v) is 4.66. The monoisotopic (exact) mass is 250 g/mol. The molecule has 0 unspecified atom stereocenters. The molecule has 15 heavy (non-hydrogen) atoms. The second kappa shape index (κ2) is 7.88.